The number of nitriles is 2. The zero-order valence-electron chi connectivity index (χ0n) is 10.2. The summed E-state index contributed by atoms with van der Waals surface area (Å²) >= 11 is 0. The highest BCUT2D eigenvalue weighted by Crippen LogP contribution is 2.15. The number of hydrogen-bond donors (Lipinski definition) is 1. The van der Waals surface area contributed by atoms with Gasteiger partial charge in [0.05, 0.1) is 11.9 Å². The predicted molar refractivity (Wildman–Crippen MR) is 74.8 cm³/mol. The van der Waals surface area contributed by atoms with E-state index in [1.807, 2.05) is 42.5 Å². The smallest absolute Gasteiger partial charge is 0.0701 e. The summed E-state index contributed by atoms with van der Waals surface area (Å²) < 4.78 is 0. The quantitative estimate of drug-likeness (QED) is 0.503. The van der Waals surface area contributed by atoms with E-state index in [1.165, 1.54) is 0 Å². The van der Waals surface area contributed by atoms with Crippen LogP contribution in [-0.2, 0) is 0 Å². The van der Waals surface area contributed by atoms with Gasteiger partial charge in [-0.05, 0) is 17.7 Å². The van der Waals surface area contributed by atoms with E-state index in [-0.39, 0.29) is 0 Å². The first-order valence-corrected chi connectivity index (χ1v) is 5.16. The lowest BCUT2D eigenvalue weighted by atomic mass is 10.1. The van der Waals surface area contributed by atoms with Gasteiger partial charge >= 0.3 is 0 Å². The van der Waals surface area contributed by atoms with Crippen molar-refractivity contribution in [2.45, 2.75) is 0 Å². The molecule has 0 radical (unpaired) electrons. The monoisotopic (exact) mass is 251 g/mol. The molecule has 0 saturated heterocycles. The largest absolute Gasteiger partial charge is 0.323 e. The van der Waals surface area contributed by atoms with Crippen LogP contribution in [0.4, 0.5) is 0 Å². The molecule has 5 heteroatoms. The third-order valence-corrected chi connectivity index (χ3v) is 2.09. The molecule has 1 aromatic carbocycles. The molecule has 0 saturated carbocycles. The molecule has 0 bridgehead atoms. The molecule has 2 aromatic rings. The first-order chi connectivity index (χ1) is 9.40. The van der Waals surface area contributed by atoms with Gasteiger partial charge in [-0.25, -0.2) is 10.5 Å². The molecule has 0 amide bonds. The van der Waals surface area contributed by atoms with Gasteiger partial charge in [-0.2, -0.15) is 5.10 Å². The van der Waals surface area contributed by atoms with E-state index >= 15 is 0 Å². The number of nitrogens with two attached hydrogens (primary N) is 1. The van der Waals surface area contributed by atoms with Gasteiger partial charge in [0.2, 0.25) is 0 Å². The number of pyridine rings is 1. The first kappa shape index (κ1) is 15.8. The zero-order valence-corrected chi connectivity index (χ0v) is 10.2. The highest BCUT2D eigenvalue weighted by atomic mass is 15.1. The fourth-order valence-corrected chi connectivity index (χ4v) is 1.36. The van der Waals surface area contributed by atoms with Gasteiger partial charge in [0, 0.05) is 24.9 Å². The Morgan fingerprint density at radius 1 is 1.00 bits per heavy atom. The van der Waals surface area contributed by atoms with E-state index in [0.717, 1.165) is 16.8 Å². The molecule has 0 aliphatic carbocycles. The van der Waals surface area contributed by atoms with Gasteiger partial charge in [-0.1, -0.05) is 30.3 Å². The Bertz CT molecular complexity index is 520. The summed E-state index contributed by atoms with van der Waals surface area (Å²) in [6.07, 6.45) is 3.40. The van der Waals surface area contributed by atoms with Crippen molar-refractivity contribution in [1.82, 2.24) is 4.98 Å². The fourth-order valence-electron chi connectivity index (χ4n) is 1.36. The molecular formula is C14H13N5. The maximum atomic E-state index is 6.50. The van der Waals surface area contributed by atoms with Crippen LogP contribution in [0.2, 0.25) is 0 Å². The number of hydrogen-bond acceptors (Lipinski definition) is 5. The molecule has 0 aliphatic heterocycles. The summed E-state index contributed by atoms with van der Waals surface area (Å²) in [7, 11) is 0. The molecule has 0 spiro atoms. The van der Waals surface area contributed by atoms with Crippen molar-refractivity contribution in [3.05, 3.63) is 54.2 Å². The Labute approximate surface area is 112 Å². The van der Waals surface area contributed by atoms with E-state index in [9.17, 15) is 0 Å². The van der Waals surface area contributed by atoms with Crippen LogP contribution in [0.1, 0.15) is 5.56 Å². The molecular weight excluding hydrogens is 238 g/mol. The molecule has 19 heavy (non-hydrogen) atoms. The van der Waals surface area contributed by atoms with Gasteiger partial charge in [-0.15, -0.1) is 0 Å². The Morgan fingerprint density at radius 3 is 2.11 bits per heavy atom. The van der Waals surface area contributed by atoms with Crippen molar-refractivity contribution in [3.8, 4) is 24.4 Å². The highest BCUT2D eigenvalue weighted by molar-refractivity contribution is 5.80. The Balaban J connectivity index is 0.000000741. The number of benzene rings is 1. The minimum atomic E-state index is 0.966. The number of rotatable bonds is 2. The van der Waals surface area contributed by atoms with Crippen LogP contribution in [0.3, 0.4) is 0 Å². The normalized spacial score (nSPS) is 8.63. The molecule has 0 atom stereocenters. The second-order valence-corrected chi connectivity index (χ2v) is 3.12. The topological polar surface area (TPSA) is 98.8 Å². The van der Waals surface area contributed by atoms with Crippen molar-refractivity contribution in [1.29, 1.82) is 10.5 Å². The lowest BCUT2D eigenvalue weighted by molar-refractivity contribution is 1.26. The zero-order chi connectivity index (χ0) is 14.5. The van der Waals surface area contributed by atoms with E-state index in [2.05, 4.69) is 23.2 Å². The van der Waals surface area contributed by atoms with Gasteiger partial charge in [0.1, 0.15) is 0 Å². The average Bonchev–Trinajstić information content (AvgIpc) is 2.53. The Hall–Kier alpha value is -3.18. The van der Waals surface area contributed by atoms with E-state index in [1.54, 1.807) is 12.4 Å². The Morgan fingerprint density at radius 2 is 1.63 bits per heavy atom. The molecule has 5 nitrogen and oxygen atoms in total. The average molecular weight is 251 g/mol. The van der Waals surface area contributed by atoms with Crippen LogP contribution >= 0.6 is 0 Å². The van der Waals surface area contributed by atoms with Crippen LogP contribution in [-0.4, -0.2) is 11.2 Å². The molecule has 2 N–H and O–H groups in total. The Kier molecular flexibility index (Phi) is 8.33. The molecule has 2 rings (SSSR count). The lowest BCUT2D eigenvalue weighted by Crippen LogP contribution is -1.87. The van der Waals surface area contributed by atoms with Crippen LogP contribution in [0.25, 0.3) is 11.3 Å². The number of nitrogens with zero attached hydrogens (tertiary/aromatic N) is 4. The van der Waals surface area contributed by atoms with Crippen molar-refractivity contribution in [2.24, 2.45) is 10.9 Å². The van der Waals surface area contributed by atoms with Crippen molar-refractivity contribution < 1.29 is 0 Å². The second-order valence-electron chi connectivity index (χ2n) is 3.12. The summed E-state index contributed by atoms with van der Waals surface area (Å²) in [6, 6.07) is 13.8. The number of hydrazone groups is 1. The second kappa shape index (κ2) is 10.0. The van der Waals surface area contributed by atoms with Gasteiger partial charge in [0.15, 0.2) is 0 Å². The van der Waals surface area contributed by atoms with E-state index in [0.29, 0.717) is 0 Å². The first-order valence-electron chi connectivity index (χ1n) is 5.16. The maximum absolute atomic E-state index is 6.50. The SMILES string of the molecule is C#N.C#N.NN=Cc1ccc(-c2ccccn2)cc1. The van der Waals surface area contributed by atoms with E-state index in [4.69, 9.17) is 16.4 Å². The van der Waals surface area contributed by atoms with Crippen LogP contribution < -0.4 is 5.84 Å². The van der Waals surface area contributed by atoms with Crippen molar-refractivity contribution in [2.75, 3.05) is 0 Å². The summed E-state index contributed by atoms with van der Waals surface area (Å²) in [5.74, 6) is 5.07. The van der Waals surface area contributed by atoms with Crippen molar-refractivity contribution in [3.63, 3.8) is 0 Å². The van der Waals surface area contributed by atoms with Crippen LogP contribution in [0, 0.1) is 23.7 Å². The summed E-state index contributed by atoms with van der Waals surface area (Å²) in [5, 5.41) is 16.5. The molecule has 1 heterocycles. The highest BCUT2D eigenvalue weighted by Gasteiger charge is 1.96. The molecule has 0 unspecified atom stereocenters. The minimum absolute atomic E-state index is 0.966. The molecule has 0 fully saturated rings. The summed E-state index contributed by atoms with van der Waals surface area (Å²) in [4.78, 5) is 4.27. The minimum Gasteiger partial charge on any atom is -0.323 e. The number of aromatic nitrogens is 1. The predicted octanol–water partition coefficient (Wildman–Crippen LogP) is 2.32. The van der Waals surface area contributed by atoms with E-state index < -0.39 is 0 Å². The van der Waals surface area contributed by atoms with Crippen LogP contribution in [0.5, 0.6) is 0 Å². The standard InChI is InChI=1S/C12H11N3.2CHN/c13-15-9-10-4-6-11(7-5-10)12-3-1-2-8-14-12;2*1-2/h1-9H,13H2;2*1H. The summed E-state index contributed by atoms with van der Waals surface area (Å²) in [6.45, 7) is 7.00. The van der Waals surface area contributed by atoms with Crippen LogP contribution in [0.15, 0.2) is 53.8 Å². The molecule has 1 aromatic heterocycles. The molecule has 94 valence electrons. The van der Waals surface area contributed by atoms with Gasteiger partial charge < -0.3 is 5.84 Å². The lowest BCUT2D eigenvalue weighted by Gasteiger charge is -2.00. The summed E-state index contributed by atoms with van der Waals surface area (Å²) in [5.41, 5.74) is 3.04. The third kappa shape index (κ3) is 5.12. The fraction of sp³-hybridized carbons (Fsp3) is 0. The molecule has 0 aliphatic rings. The van der Waals surface area contributed by atoms with Crippen molar-refractivity contribution >= 4 is 6.21 Å². The third-order valence-electron chi connectivity index (χ3n) is 2.09. The maximum Gasteiger partial charge on any atom is 0.0701 e. The van der Waals surface area contributed by atoms with Gasteiger partial charge in [-0.3, -0.25) is 4.98 Å². The van der Waals surface area contributed by atoms with Gasteiger partial charge in [0.25, 0.3) is 0 Å².